The predicted molar refractivity (Wildman–Crippen MR) is 77.9 cm³/mol. The van der Waals surface area contributed by atoms with Crippen LogP contribution in [0.4, 0.5) is 5.69 Å². The summed E-state index contributed by atoms with van der Waals surface area (Å²) >= 11 is 2.15. The molecule has 0 atom stereocenters. The summed E-state index contributed by atoms with van der Waals surface area (Å²) in [6.45, 7) is 2.87. The Morgan fingerprint density at radius 1 is 1.35 bits per heavy atom. The van der Waals surface area contributed by atoms with Crippen LogP contribution in [0.25, 0.3) is 0 Å². The zero-order valence-corrected chi connectivity index (χ0v) is 12.2. The van der Waals surface area contributed by atoms with Crippen LogP contribution in [-0.4, -0.2) is 6.61 Å². The maximum Gasteiger partial charge on any atom is 0.155 e. The van der Waals surface area contributed by atoms with Crippen molar-refractivity contribution in [3.05, 3.63) is 21.3 Å². The van der Waals surface area contributed by atoms with Gasteiger partial charge in [-0.05, 0) is 41.1 Å². The lowest BCUT2D eigenvalue weighted by Gasteiger charge is -2.11. The van der Waals surface area contributed by atoms with Crippen molar-refractivity contribution in [2.45, 2.75) is 32.6 Å². The van der Waals surface area contributed by atoms with Gasteiger partial charge < -0.3 is 10.5 Å². The number of nitrogens with zero attached hydrogens (tertiary/aromatic N) is 1. The molecule has 0 radical (unpaired) electrons. The van der Waals surface area contributed by atoms with Gasteiger partial charge in [-0.15, -0.1) is 0 Å². The minimum atomic E-state index is 0.545. The van der Waals surface area contributed by atoms with Crippen molar-refractivity contribution in [2.24, 2.45) is 0 Å². The minimum Gasteiger partial charge on any atom is -0.490 e. The first-order valence-electron chi connectivity index (χ1n) is 5.81. The summed E-state index contributed by atoms with van der Waals surface area (Å²) in [5.74, 6) is 0.709. The van der Waals surface area contributed by atoms with E-state index in [1.807, 2.05) is 0 Å². The molecule has 0 saturated carbocycles. The monoisotopic (exact) mass is 344 g/mol. The van der Waals surface area contributed by atoms with E-state index in [2.05, 4.69) is 35.6 Å². The Morgan fingerprint density at radius 3 is 2.71 bits per heavy atom. The minimum absolute atomic E-state index is 0.545. The number of hydrogen-bond donors (Lipinski definition) is 1. The highest BCUT2D eigenvalue weighted by Gasteiger charge is 2.08. The molecule has 0 amide bonds. The third kappa shape index (κ3) is 4.43. The lowest BCUT2D eigenvalue weighted by atomic mass is 10.2. The molecule has 17 heavy (non-hydrogen) atoms. The van der Waals surface area contributed by atoms with Gasteiger partial charge in [0.1, 0.15) is 0 Å². The molecule has 0 fully saturated rings. The van der Waals surface area contributed by atoms with Gasteiger partial charge in [0.2, 0.25) is 0 Å². The summed E-state index contributed by atoms with van der Waals surface area (Å²) in [4.78, 5) is 0. The molecular formula is C13H17IN2O. The quantitative estimate of drug-likeness (QED) is 0.486. The molecule has 0 spiro atoms. The maximum absolute atomic E-state index is 8.80. The van der Waals surface area contributed by atoms with Crippen molar-refractivity contribution in [3.8, 4) is 11.8 Å². The second kappa shape index (κ2) is 7.38. The van der Waals surface area contributed by atoms with Crippen LogP contribution in [0.5, 0.6) is 5.75 Å². The van der Waals surface area contributed by atoms with Gasteiger partial charge in [0.05, 0.1) is 27.5 Å². The van der Waals surface area contributed by atoms with Crippen molar-refractivity contribution >= 4 is 28.3 Å². The first kappa shape index (κ1) is 14.1. The molecule has 0 unspecified atom stereocenters. The summed E-state index contributed by atoms with van der Waals surface area (Å²) in [7, 11) is 0. The van der Waals surface area contributed by atoms with E-state index in [1.165, 1.54) is 19.3 Å². The van der Waals surface area contributed by atoms with Crippen molar-refractivity contribution in [3.63, 3.8) is 0 Å². The van der Waals surface area contributed by atoms with Crippen molar-refractivity contribution in [1.82, 2.24) is 0 Å². The SMILES string of the molecule is CCCCCCOc1c(N)cc(C#N)cc1I. The fourth-order valence-electron chi connectivity index (χ4n) is 1.53. The molecule has 0 aliphatic rings. The summed E-state index contributed by atoms with van der Waals surface area (Å²) in [5, 5.41) is 8.80. The van der Waals surface area contributed by atoms with Gasteiger partial charge in [0.15, 0.2) is 5.75 Å². The van der Waals surface area contributed by atoms with Crippen molar-refractivity contribution in [2.75, 3.05) is 12.3 Å². The first-order valence-corrected chi connectivity index (χ1v) is 6.88. The Labute approximate surface area is 116 Å². The van der Waals surface area contributed by atoms with Gasteiger partial charge >= 0.3 is 0 Å². The van der Waals surface area contributed by atoms with E-state index >= 15 is 0 Å². The molecule has 2 N–H and O–H groups in total. The zero-order valence-electron chi connectivity index (χ0n) is 10.0. The van der Waals surface area contributed by atoms with Gasteiger partial charge in [-0.3, -0.25) is 0 Å². The summed E-state index contributed by atoms with van der Waals surface area (Å²) in [6, 6.07) is 5.53. The molecule has 4 heteroatoms. The van der Waals surface area contributed by atoms with E-state index < -0.39 is 0 Å². The van der Waals surface area contributed by atoms with Crippen molar-refractivity contribution < 1.29 is 4.74 Å². The third-order valence-corrected chi connectivity index (χ3v) is 3.25. The van der Waals surface area contributed by atoms with Gasteiger partial charge in [-0.2, -0.15) is 5.26 Å². The molecule has 0 saturated heterocycles. The molecule has 0 heterocycles. The smallest absolute Gasteiger partial charge is 0.155 e. The lowest BCUT2D eigenvalue weighted by molar-refractivity contribution is 0.304. The Bertz CT molecular complexity index is 389. The molecule has 0 aromatic heterocycles. The lowest BCUT2D eigenvalue weighted by Crippen LogP contribution is -2.02. The average Bonchev–Trinajstić information content (AvgIpc) is 2.31. The molecule has 0 bridgehead atoms. The Kier molecular flexibility index (Phi) is 6.12. The Balaban J connectivity index is 2.57. The summed E-state index contributed by atoms with van der Waals surface area (Å²) in [6.07, 6.45) is 4.69. The van der Waals surface area contributed by atoms with Crippen LogP contribution in [0.3, 0.4) is 0 Å². The maximum atomic E-state index is 8.80. The van der Waals surface area contributed by atoms with Crippen LogP contribution in [0.15, 0.2) is 12.1 Å². The number of ether oxygens (including phenoxy) is 1. The van der Waals surface area contributed by atoms with Crippen LogP contribution in [-0.2, 0) is 0 Å². The number of unbranched alkanes of at least 4 members (excludes halogenated alkanes) is 3. The normalized spacial score (nSPS) is 9.94. The van der Waals surface area contributed by atoms with Crippen molar-refractivity contribution in [1.29, 1.82) is 5.26 Å². The van der Waals surface area contributed by atoms with E-state index in [0.717, 1.165) is 9.99 Å². The largest absolute Gasteiger partial charge is 0.490 e. The van der Waals surface area contributed by atoms with E-state index in [4.69, 9.17) is 15.7 Å². The second-order valence-corrected chi connectivity index (χ2v) is 5.06. The first-order chi connectivity index (χ1) is 8.19. The van der Waals surface area contributed by atoms with E-state index in [0.29, 0.717) is 23.6 Å². The van der Waals surface area contributed by atoms with Crippen LogP contribution in [0.2, 0.25) is 0 Å². The van der Waals surface area contributed by atoms with Crippen LogP contribution >= 0.6 is 22.6 Å². The highest BCUT2D eigenvalue weighted by Crippen LogP contribution is 2.29. The summed E-state index contributed by atoms with van der Waals surface area (Å²) in [5.41, 5.74) is 6.98. The summed E-state index contributed by atoms with van der Waals surface area (Å²) < 4.78 is 6.57. The third-order valence-electron chi connectivity index (χ3n) is 2.45. The Hall–Kier alpha value is -0.960. The van der Waals surface area contributed by atoms with E-state index in [-0.39, 0.29) is 0 Å². The molecule has 0 aliphatic heterocycles. The molecule has 0 aliphatic carbocycles. The van der Waals surface area contributed by atoms with E-state index in [1.54, 1.807) is 12.1 Å². The van der Waals surface area contributed by atoms with Gasteiger partial charge in [-0.1, -0.05) is 26.2 Å². The molecule has 92 valence electrons. The predicted octanol–water partition coefficient (Wildman–Crippen LogP) is 3.70. The highest BCUT2D eigenvalue weighted by atomic mass is 127. The van der Waals surface area contributed by atoms with Crippen LogP contribution in [0.1, 0.15) is 38.2 Å². The fraction of sp³-hybridized carbons (Fsp3) is 0.462. The number of hydrogen-bond acceptors (Lipinski definition) is 3. The number of nitriles is 1. The molecule has 1 aromatic rings. The average molecular weight is 344 g/mol. The van der Waals surface area contributed by atoms with E-state index in [9.17, 15) is 0 Å². The number of nitrogen functional groups attached to an aromatic ring is 1. The topological polar surface area (TPSA) is 59.0 Å². The fourth-order valence-corrected chi connectivity index (χ4v) is 2.34. The molecular weight excluding hydrogens is 327 g/mol. The zero-order chi connectivity index (χ0) is 12.7. The molecule has 1 rings (SSSR count). The number of anilines is 1. The highest BCUT2D eigenvalue weighted by molar-refractivity contribution is 14.1. The van der Waals surface area contributed by atoms with Crippen LogP contribution < -0.4 is 10.5 Å². The number of benzene rings is 1. The van der Waals surface area contributed by atoms with Gasteiger partial charge in [-0.25, -0.2) is 0 Å². The number of halogens is 1. The number of nitrogens with two attached hydrogens (primary N) is 1. The standard InChI is InChI=1S/C13H17IN2O/c1-2-3-4-5-6-17-13-11(14)7-10(9-15)8-12(13)16/h7-8H,2-6,16H2,1H3. The van der Waals surface area contributed by atoms with Gasteiger partial charge in [0.25, 0.3) is 0 Å². The second-order valence-electron chi connectivity index (χ2n) is 3.90. The Morgan fingerprint density at radius 2 is 2.12 bits per heavy atom. The molecule has 1 aromatic carbocycles. The van der Waals surface area contributed by atoms with Crippen LogP contribution in [0, 0.1) is 14.9 Å². The molecule has 3 nitrogen and oxygen atoms in total. The van der Waals surface area contributed by atoms with Gasteiger partial charge in [0, 0.05) is 0 Å². The number of rotatable bonds is 6.